The maximum Gasteiger partial charge on any atom is 0.355 e. The van der Waals surface area contributed by atoms with E-state index in [0.29, 0.717) is 11.3 Å². The number of carbonyl (C=O) groups excluding carboxylic acids is 3. The Labute approximate surface area is 232 Å². The summed E-state index contributed by atoms with van der Waals surface area (Å²) in [7, 11) is 2.34. The average Bonchev–Trinajstić information content (AvgIpc) is 2.98. The maximum atomic E-state index is 13.6. The monoisotopic (exact) mass is 536 g/mol. The molecule has 1 amide bonds. The highest BCUT2D eigenvalue weighted by Crippen LogP contribution is 2.44. The molecule has 1 atom stereocenters. The standard InChI is InChI=1S/C31H28N4O5/c1-18-11-10-15-23(19(18)2)34-29(36)21-14-8-9-16-24(21)35-27(31(38)40-4)26(30(37)39-3)25(22(17-32)28(35)33)20-12-6-5-7-13-20/h5-16,25H,33H2,1-4H3,(H,34,36). The van der Waals surface area contributed by atoms with E-state index in [9.17, 15) is 19.6 Å². The number of hydrogen-bond acceptors (Lipinski definition) is 8. The number of carbonyl (C=O) groups is 3. The first-order chi connectivity index (χ1) is 19.2. The lowest BCUT2D eigenvalue weighted by atomic mass is 9.80. The van der Waals surface area contributed by atoms with Gasteiger partial charge in [0.2, 0.25) is 0 Å². The minimum atomic E-state index is -1.01. The lowest BCUT2D eigenvalue weighted by Gasteiger charge is -2.36. The fourth-order valence-corrected chi connectivity index (χ4v) is 4.70. The Bertz CT molecular complexity index is 1600. The SMILES string of the molecule is COC(=O)C1=C(C(=O)OC)N(c2ccccc2C(=O)Nc2cccc(C)c2C)C(N)=C(C#N)C1c1ccccc1. The van der Waals surface area contributed by atoms with Crippen LogP contribution in [0.2, 0.25) is 0 Å². The molecule has 0 fully saturated rings. The van der Waals surface area contributed by atoms with Gasteiger partial charge in [0.15, 0.2) is 0 Å². The van der Waals surface area contributed by atoms with Crippen LogP contribution < -0.4 is 16.0 Å². The molecule has 0 bridgehead atoms. The number of benzene rings is 3. The molecule has 0 aliphatic carbocycles. The van der Waals surface area contributed by atoms with Gasteiger partial charge in [-0.15, -0.1) is 0 Å². The fourth-order valence-electron chi connectivity index (χ4n) is 4.70. The third-order valence-electron chi connectivity index (χ3n) is 6.85. The second kappa shape index (κ2) is 11.6. The third kappa shape index (κ3) is 4.90. The highest BCUT2D eigenvalue weighted by atomic mass is 16.5. The topological polar surface area (TPSA) is 135 Å². The van der Waals surface area contributed by atoms with Gasteiger partial charge < -0.3 is 20.5 Å². The number of amides is 1. The Hall–Kier alpha value is -5.36. The Kier molecular flexibility index (Phi) is 8.01. The van der Waals surface area contributed by atoms with E-state index in [1.54, 1.807) is 60.7 Å². The van der Waals surface area contributed by atoms with Crippen molar-refractivity contribution >= 4 is 29.2 Å². The van der Waals surface area contributed by atoms with E-state index in [-0.39, 0.29) is 33.9 Å². The third-order valence-corrected chi connectivity index (χ3v) is 6.85. The van der Waals surface area contributed by atoms with Crippen molar-refractivity contribution in [3.8, 4) is 6.07 Å². The second-order valence-electron chi connectivity index (χ2n) is 9.05. The van der Waals surface area contributed by atoms with Crippen molar-refractivity contribution in [1.29, 1.82) is 5.26 Å². The summed E-state index contributed by atoms with van der Waals surface area (Å²) in [5, 5.41) is 13.2. The minimum absolute atomic E-state index is 0.00370. The molecule has 4 rings (SSSR count). The molecule has 9 nitrogen and oxygen atoms in total. The van der Waals surface area contributed by atoms with Crippen LogP contribution in [-0.4, -0.2) is 32.1 Å². The molecule has 1 heterocycles. The molecular weight excluding hydrogens is 508 g/mol. The van der Waals surface area contributed by atoms with Crippen molar-refractivity contribution in [2.75, 3.05) is 24.4 Å². The second-order valence-corrected chi connectivity index (χ2v) is 9.05. The molecule has 0 radical (unpaired) electrons. The largest absolute Gasteiger partial charge is 0.466 e. The molecule has 0 saturated carbocycles. The molecule has 0 saturated heterocycles. The number of allylic oxidation sites excluding steroid dienone is 1. The number of nitrogens with zero attached hydrogens (tertiary/aromatic N) is 2. The van der Waals surface area contributed by atoms with E-state index in [1.165, 1.54) is 19.1 Å². The highest BCUT2D eigenvalue weighted by Gasteiger charge is 2.43. The smallest absolute Gasteiger partial charge is 0.355 e. The van der Waals surface area contributed by atoms with E-state index in [4.69, 9.17) is 15.2 Å². The lowest BCUT2D eigenvalue weighted by Crippen LogP contribution is -2.41. The number of nitrogens with one attached hydrogen (secondary N) is 1. The zero-order valence-corrected chi connectivity index (χ0v) is 22.5. The molecule has 9 heteroatoms. The van der Waals surface area contributed by atoms with Gasteiger partial charge in [0.25, 0.3) is 5.91 Å². The number of aryl methyl sites for hydroxylation is 1. The van der Waals surface area contributed by atoms with Crippen LogP contribution >= 0.6 is 0 Å². The van der Waals surface area contributed by atoms with Gasteiger partial charge in [0.05, 0.1) is 48.6 Å². The predicted molar refractivity (Wildman–Crippen MR) is 150 cm³/mol. The molecule has 3 aromatic carbocycles. The first-order valence-electron chi connectivity index (χ1n) is 12.4. The predicted octanol–water partition coefficient (Wildman–Crippen LogP) is 4.45. The van der Waals surface area contributed by atoms with Crippen molar-refractivity contribution < 1.29 is 23.9 Å². The van der Waals surface area contributed by atoms with Crippen molar-refractivity contribution in [3.63, 3.8) is 0 Å². The molecule has 1 aliphatic rings. The Balaban J connectivity index is 1.98. The summed E-state index contributed by atoms with van der Waals surface area (Å²) in [5.74, 6) is -3.37. The summed E-state index contributed by atoms with van der Waals surface area (Å²) in [6.07, 6.45) is 0. The number of esters is 2. The van der Waals surface area contributed by atoms with Crippen molar-refractivity contribution in [2.45, 2.75) is 19.8 Å². The Morgan fingerprint density at radius 1 is 0.900 bits per heavy atom. The minimum Gasteiger partial charge on any atom is -0.466 e. The van der Waals surface area contributed by atoms with Crippen LogP contribution in [0.1, 0.15) is 33.0 Å². The quantitative estimate of drug-likeness (QED) is 0.441. The van der Waals surface area contributed by atoms with Gasteiger partial charge in [0.1, 0.15) is 11.5 Å². The van der Waals surface area contributed by atoms with E-state index >= 15 is 0 Å². The van der Waals surface area contributed by atoms with E-state index < -0.39 is 23.8 Å². The van der Waals surface area contributed by atoms with Gasteiger partial charge in [-0.3, -0.25) is 9.69 Å². The summed E-state index contributed by atoms with van der Waals surface area (Å²) in [6.45, 7) is 3.83. The van der Waals surface area contributed by atoms with Gasteiger partial charge in [-0.25, -0.2) is 9.59 Å². The molecule has 1 aliphatic heterocycles. The number of ether oxygens (including phenoxy) is 2. The lowest BCUT2D eigenvalue weighted by molar-refractivity contribution is -0.139. The van der Waals surface area contributed by atoms with Crippen molar-refractivity contribution in [3.05, 3.63) is 118 Å². The molecule has 3 N–H and O–H groups in total. The van der Waals surface area contributed by atoms with Gasteiger partial charge in [-0.1, -0.05) is 54.6 Å². The number of nitrogens with two attached hydrogens (primary N) is 1. The molecule has 40 heavy (non-hydrogen) atoms. The number of rotatable bonds is 6. The van der Waals surface area contributed by atoms with E-state index in [2.05, 4.69) is 11.4 Å². The van der Waals surface area contributed by atoms with E-state index in [0.717, 1.165) is 11.1 Å². The van der Waals surface area contributed by atoms with Crippen LogP contribution in [-0.2, 0) is 19.1 Å². The number of anilines is 2. The number of methoxy groups -OCH3 is 2. The van der Waals surface area contributed by atoms with Crippen LogP contribution in [0.15, 0.2) is 95.5 Å². The van der Waals surface area contributed by atoms with E-state index in [1.807, 2.05) is 26.0 Å². The van der Waals surface area contributed by atoms with Crippen LogP contribution in [0.25, 0.3) is 0 Å². The van der Waals surface area contributed by atoms with Gasteiger partial charge >= 0.3 is 11.9 Å². The van der Waals surface area contributed by atoms with Crippen molar-refractivity contribution in [2.24, 2.45) is 5.73 Å². The highest BCUT2D eigenvalue weighted by molar-refractivity contribution is 6.12. The van der Waals surface area contributed by atoms with Crippen molar-refractivity contribution in [1.82, 2.24) is 0 Å². The van der Waals surface area contributed by atoms with Gasteiger partial charge in [-0.05, 0) is 48.7 Å². The average molecular weight is 537 g/mol. The number of para-hydroxylation sites is 1. The summed E-state index contributed by atoms with van der Waals surface area (Å²) in [4.78, 5) is 41.5. The van der Waals surface area contributed by atoms with Crippen LogP contribution in [0, 0.1) is 25.2 Å². The molecule has 3 aromatic rings. The fraction of sp³-hybridized carbons (Fsp3) is 0.161. The number of nitriles is 1. The maximum absolute atomic E-state index is 13.6. The van der Waals surface area contributed by atoms with Gasteiger partial charge in [-0.2, -0.15) is 5.26 Å². The molecular formula is C31H28N4O5. The van der Waals surface area contributed by atoms with Crippen LogP contribution in [0.5, 0.6) is 0 Å². The molecule has 202 valence electrons. The molecule has 0 aromatic heterocycles. The van der Waals surface area contributed by atoms with Crippen LogP contribution in [0.4, 0.5) is 11.4 Å². The van der Waals surface area contributed by atoms with Crippen LogP contribution in [0.3, 0.4) is 0 Å². The normalized spacial score (nSPS) is 14.9. The summed E-state index contributed by atoms with van der Waals surface area (Å²) in [5.41, 5.74) is 9.58. The number of hydrogen-bond donors (Lipinski definition) is 2. The summed E-state index contributed by atoms with van der Waals surface area (Å²) < 4.78 is 10.2. The summed E-state index contributed by atoms with van der Waals surface area (Å²) >= 11 is 0. The van der Waals surface area contributed by atoms with Gasteiger partial charge in [0, 0.05) is 5.69 Å². The first-order valence-corrected chi connectivity index (χ1v) is 12.4. The zero-order chi connectivity index (χ0) is 29.0. The summed E-state index contributed by atoms with van der Waals surface area (Å²) in [6, 6.07) is 22.8. The molecule has 0 spiro atoms. The zero-order valence-electron chi connectivity index (χ0n) is 22.5. The molecule has 1 unspecified atom stereocenters. The Morgan fingerprint density at radius 3 is 2.20 bits per heavy atom. The Morgan fingerprint density at radius 2 is 1.55 bits per heavy atom. The first kappa shape index (κ1) is 27.7.